The third kappa shape index (κ3) is 3.88. The Morgan fingerprint density at radius 1 is 1.57 bits per heavy atom. The van der Waals surface area contributed by atoms with Gasteiger partial charge in [-0.3, -0.25) is 4.79 Å². The number of thioether (sulfide) groups is 1. The first kappa shape index (κ1) is 11.9. The highest BCUT2D eigenvalue weighted by molar-refractivity contribution is 7.99. The first-order valence-corrected chi connectivity index (χ1v) is 6.29. The predicted octanol–water partition coefficient (Wildman–Crippen LogP) is 1.11. The summed E-state index contributed by atoms with van der Waals surface area (Å²) in [4.78, 5) is 13.6. The lowest BCUT2D eigenvalue weighted by atomic mass is 10.2. The summed E-state index contributed by atoms with van der Waals surface area (Å²) in [5, 5.41) is 9.18. The molecular formula is C10H19NO2S. The van der Waals surface area contributed by atoms with E-state index in [1.807, 2.05) is 16.7 Å². The maximum Gasteiger partial charge on any atom is 0.222 e. The van der Waals surface area contributed by atoms with Gasteiger partial charge in [-0.25, -0.2) is 0 Å². The standard InChI is InChI=1S/C10H19NO2S/c1-9-8-11(5-7-14-9)10(13)4-2-3-6-12/h9,12H,2-8H2,1H3. The smallest absolute Gasteiger partial charge is 0.222 e. The highest BCUT2D eigenvalue weighted by atomic mass is 32.2. The fourth-order valence-electron chi connectivity index (χ4n) is 1.59. The number of unbranched alkanes of at least 4 members (excludes halogenated alkanes) is 1. The molecule has 3 nitrogen and oxygen atoms in total. The van der Waals surface area contributed by atoms with Gasteiger partial charge in [-0.2, -0.15) is 11.8 Å². The van der Waals surface area contributed by atoms with Crippen molar-refractivity contribution in [2.75, 3.05) is 25.4 Å². The summed E-state index contributed by atoms with van der Waals surface area (Å²) in [6.45, 7) is 4.15. The van der Waals surface area contributed by atoms with Crippen LogP contribution in [-0.4, -0.2) is 46.6 Å². The Bertz CT molecular complexity index is 187. The first-order chi connectivity index (χ1) is 6.74. The second-order valence-corrected chi connectivity index (χ2v) is 5.25. The summed E-state index contributed by atoms with van der Waals surface area (Å²) in [5.41, 5.74) is 0. The normalized spacial score (nSPS) is 22.4. The maximum atomic E-state index is 11.7. The zero-order chi connectivity index (χ0) is 10.4. The van der Waals surface area contributed by atoms with E-state index in [9.17, 15) is 4.79 Å². The molecule has 0 bridgehead atoms. The van der Waals surface area contributed by atoms with Crippen molar-refractivity contribution in [3.8, 4) is 0 Å². The molecule has 4 heteroatoms. The highest BCUT2D eigenvalue weighted by Crippen LogP contribution is 2.18. The molecule has 0 spiro atoms. The molecule has 1 unspecified atom stereocenters. The lowest BCUT2D eigenvalue weighted by Gasteiger charge is -2.30. The summed E-state index contributed by atoms with van der Waals surface area (Å²) in [5.74, 6) is 1.32. The number of nitrogens with zero attached hydrogens (tertiary/aromatic N) is 1. The Morgan fingerprint density at radius 2 is 2.36 bits per heavy atom. The Balaban J connectivity index is 2.22. The van der Waals surface area contributed by atoms with Gasteiger partial charge in [0.05, 0.1) is 0 Å². The van der Waals surface area contributed by atoms with Gasteiger partial charge in [-0.1, -0.05) is 6.92 Å². The molecule has 82 valence electrons. The average Bonchev–Trinajstić information content (AvgIpc) is 2.18. The SMILES string of the molecule is CC1CN(C(=O)CCCCO)CCS1. The van der Waals surface area contributed by atoms with Gasteiger partial charge in [0.1, 0.15) is 0 Å². The van der Waals surface area contributed by atoms with Gasteiger partial charge in [-0.05, 0) is 12.8 Å². The number of aliphatic hydroxyl groups is 1. The van der Waals surface area contributed by atoms with Crippen molar-refractivity contribution in [3.05, 3.63) is 0 Å². The number of carbonyl (C=O) groups is 1. The largest absolute Gasteiger partial charge is 0.396 e. The molecule has 1 rings (SSSR count). The second kappa shape index (κ2) is 6.30. The molecule has 0 aromatic heterocycles. The van der Waals surface area contributed by atoms with E-state index in [4.69, 9.17) is 5.11 Å². The molecule has 1 N–H and O–H groups in total. The van der Waals surface area contributed by atoms with Crippen molar-refractivity contribution < 1.29 is 9.90 Å². The fourth-order valence-corrected chi connectivity index (χ4v) is 2.60. The van der Waals surface area contributed by atoms with Gasteiger partial charge in [-0.15, -0.1) is 0 Å². The molecule has 1 saturated heterocycles. The first-order valence-electron chi connectivity index (χ1n) is 5.24. The van der Waals surface area contributed by atoms with Crippen LogP contribution in [0.5, 0.6) is 0 Å². The van der Waals surface area contributed by atoms with Crippen LogP contribution >= 0.6 is 11.8 Å². The van der Waals surface area contributed by atoms with E-state index in [0.29, 0.717) is 11.7 Å². The number of rotatable bonds is 4. The van der Waals surface area contributed by atoms with Crippen molar-refractivity contribution in [1.82, 2.24) is 4.90 Å². The highest BCUT2D eigenvalue weighted by Gasteiger charge is 2.20. The van der Waals surface area contributed by atoms with Crippen LogP contribution in [0.1, 0.15) is 26.2 Å². The third-order valence-corrected chi connectivity index (χ3v) is 3.53. The molecule has 1 heterocycles. The van der Waals surface area contributed by atoms with Crippen molar-refractivity contribution in [3.63, 3.8) is 0 Å². The minimum absolute atomic E-state index is 0.194. The summed E-state index contributed by atoms with van der Waals surface area (Å²) in [6, 6.07) is 0. The molecular weight excluding hydrogens is 198 g/mol. The van der Waals surface area contributed by atoms with Gasteiger partial charge in [0.2, 0.25) is 5.91 Å². The Labute approximate surface area is 89.9 Å². The van der Waals surface area contributed by atoms with Gasteiger partial charge in [0.25, 0.3) is 0 Å². The van der Waals surface area contributed by atoms with Crippen LogP contribution in [0, 0.1) is 0 Å². The van der Waals surface area contributed by atoms with Crippen molar-refractivity contribution in [2.24, 2.45) is 0 Å². The minimum atomic E-state index is 0.194. The van der Waals surface area contributed by atoms with E-state index in [-0.39, 0.29) is 12.5 Å². The zero-order valence-corrected chi connectivity index (χ0v) is 9.55. The van der Waals surface area contributed by atoms with Crippen LogP contribution in [0.15, 0.2) is 0 Å². The molecule has 14 heavy (non-hydrogen) atoms. The molecule has 1 atom stereocenters. The molecule has 0 radical (unpaired) electrons. The second-order valence-electron chi connectivity index (χ2n) is 3.70. The van der Waals surface area contributed by atoms with E-state index in [0.717, 1.165) is 31.7 Å². The van der Waals surface area contributed by atoms with Gasteiger partial charge >= 0.3 is 0 Å². The summed E-state index contributed by atoms with van der Waals surface area (Å²) in [6.07, 6.45) is 2.15. The Morgan fingerprint density at radius 3 is 3.00 bits per heavy atom. The number of hydrogen-bond acceptors (Lipinski definition) is 3. The number of aliphatic hydroxyl groups excluding tert-OH is 1. The van der Waals surface area contributed by atoms with E-state index in [1.165, 1.54) is 0 Å². The average molecular weight is 217 g/mol. The fraction of sp³-hybridized carbons (Fsp3) is 0.900. The van der Waals surface area contributed by atoms with Crippen molar-refractivity contribution >= 4 is 17.7 Å². The van der Waals surface area contributed by atoms with Crippen molar-refractivity contribution in [1.29, 1.82) is 0 Å². The molecule has 0 aromatic carbocycles. The zero-order valence-electron chi connectivity index (χ0n) is 8.74. The summed E-state index contributed by atoms with van der Waals surface area (Å²) >= 11 is 1.93. The lowest BCUT2D eigenvalue weighted by molar-refractivity contribution is -0.131. The topological polar surface area (TPSA) is 40.5 Å². The quantitative estimate of drug-likeness (QED) is 0.717. The minimum Gasteiger partial charge on any atom is -0.396 e. The molecule has 1 amide bonds. The maximum absolute atomic E-state index is 11.7. The summed E-state index contributed by atoms with van der Waals surface area (Å²) < 4.78 is 0. The predicted molar refractivity (Wildman–Crippen MR) is 59.4 cm³/mol. The monoisotopic (exact) mass is 217 g/mol. The van der Waals surface area contributed by atoms with Crippen molar-refractivity contribution in [2.45, 2.75) is 31.4 Å². The molecule has 1 fully saturated rings. The van der Waals surface area contributed by atoms with E-state index in [1.54, 1.807) is 0 Å². The van der Waals surface area contributed by atoms with Crippen LogP contribution < -0.4 is 0 Å². The van der Waals surface area contributed by atoms with Crippen LogP contribution in [0.2, 0.25) is 0 Å². The van der Waals surface area contributed by atoms with Crippen LogP contribution in [0.25, 0.3) is 0 Å². The molecule has 1 aliphatic rings. The summed E-state index contributed by atoms with van der Waals surface area (Å²) in [7, 11) is 0. The number of hydrogen-bond donors (Lipinski definition) is 1. The number of carbonyl (C=O) groups excluding carboxylic acids is 1. The van der Waals surface area contributed by atoms with E-state index in [2.05, 4.69) is 6.92 Å². The van der Waals surface area contributed by atoms with Crippen LogP contribution in [-0.2, 0) is 4.79 Å². The molecule has 0 aromatic rings. The van der Waals surface area contributed by atoms with Crippen LogP contribution in [0.4, 0.5) is 0 Å². The van der Waals surface area contributed by atoms with Crippen LogP contribution in [0.3, 0.4) is 0 Å². The molecule has 0 saturated carbocycles. The lowest BCUT2D eigenvalue weighted by Crippen LogP contribution is -2.40. The van der Waals surface area contributed by atoms with E-state index < -0.39 is 0 Å². The third-order valence-electron chi connectivity index (χ3n) is 2.39. The molecule has 0 aliphatic carbocycles. The van der Waals surface area contributed by atoms with Gasteiger partial charge in [0.15, 0.2) is 0 Å². The van der Waals surface area contributed by atoms with Gasteiger partial charge in [0, 0.05) is 37.1 Å². The van der Waals surface area contributed by atoms with Gasteiger partial charge < -0.3 is 10.0 Å². The molecule has 1 aliphatic heterocycles. The Kier molecular flexibility index (Phi) is 5.33. The number of amides is 1. The van der Waals surface area contributed by atoms with E-state index >= 15 is 0 Å². The Hall–Kier alpha value is -0.220.